The van der Waals surface area contributed by atoms with Crippen molar-refractivity contribution < 1.29 is 19.3 Å². The van der Waals surface area contributed by atoms with E-state index in [0.29, 0.717) is 27.9 Å². The van der Waals surface area contributed by atoms with E-state index in [1.807, 2.05) is 12.1 Å². The second-order valence-corrected chi connectivity index (χ2v) is 21.5. The highest BCUT2D eigenvalue weighted by Gasteiger charge is 2.63. The number of nitrogens with one attached hydrogen (secondary N) is 3. The zero-order valence-electron chi connectivity index (χ0n) is 38.7. The van der Waals surface area contributed by atoms with Crippen LogP contribution in [0.5, 0.6) is 17.2 Å². The summed E-state index contributed by atoms with van der Waals surface area (Å²) in [6, 6.07) is 3.88. The average Bonchev–Trinajstić information content (AvgIpc) is 3.87. The minimum atomic E-state index is -0.0620. The fourth-order valence-corrected chi connectivity index (χ4v) is 14.0. The van der Waals surface area contributed by atoms with E-state index in [0.717, 1.165) is 104 Å². The van der Waals surface area contributed by atoms with Crippen molar-refractivity contribution in [1.29, 1.82) is 0 Å². The summed E-state index contributed by atoms with van der Waals surface area (Å²) in [6.07, 6.45) is 25.8. The molecule has 8 unspecified atom stereocenters. The van der Waals surface area contributed by atoms with Crippen molar-refractivity contribution in [2.24, 2.45) is 63.6 Å². The summed E-state index contributed by atoms with van der Waals surface area (Å²) in [7, 11) is 5.00. The summed E-state index contributed by atoms with van der Waals surface area (Å²) in [5, 5.41) is 22.9. The van der Waals surface area contributed by atoms with E-state index in [1.54, 1.807) is 21.3 Å². The summed E-state index contributed by atoms with van der Waals surface area (Å²) in [5.41, 5.74) is 2.62. The molecular weight excluding hydrogens is 719 g/mol. The van der Waals surface area contributed by atoms with Gasteiger partial charge in [0.1, 0.15) is 5.75 Å². The SMILES string of the molecule is COc1cc(OC)c(OC)cc1CNCCCNCCCCNCCCC1(C[C@H]2CC[C@@]3(C)C(CC(O)C4C5CCC(C(C)CCCC(C)C)C5(C)CCC43)C2)CC1. The number of aliphatic hydroxyl groups is 1. The van der Waals surface area contributed by atoms with E-state index >= 15 is 0 Å². The monoisotopic (exact) mass is 808 g/mol. The highest BCUT2D eigenvalue weighted by atomic mass is 16.5. The predicted octanol–water partition coefficient (Wildman–Crippen LogP) is 10.8. The Morgan fingerprint density at radius 1 is 0.672 bits per heavy atom. The second kappa shape index (κ2) is 21.0. The molecule has 5 fully saturated rings. The molecule has 0 bridgehead atoms. The van der Waals surface area contributed by atoms with E-state index in [-0.39, 0.29) is 6.10 Å². The Kier molecular flexibility index (Phi) is 16.7. The van der Waals surface area contributed by atoms with Crippen molar-refractivity contribution in [3.63, 3.8) is 0 Å². The highest BCUT2D eigenvalue weighted by Crippen LogP contribution is 2.69. The standard InChI is InChI=1S/C51H89N3O4/c1-36(2)14-11-15-37(3)41-16-17-42-48-43(19-22-50(41,42)5)49(4)21-18-38(30-40(49)32-44(48)55)34-51(23-24-51)20-12-27-52-25-9-10-26-53-28-13-29-54-35-39-31-46(57-7)47(58-8)33-45(39)56-6/h31,33,36-38,40-44,48,52-55H,9-30,32,34-35H2,1-8H3/t37?,38-,40?,41?,42?,43?,44?,48?,49-,50?/m0/s1. The van der Waals surface area contributed by atoms with Crippen molar-refractivity contribution in [2.45, 2.75) is 169 Å². The molecule has 332 valence electrons. The molecule has 5 saturated carbocycles. The smallest absolute Gasteiger partial charge is 0.164 e. The van der Waals surface area contributed by atoms with Gasteiger partial charge in [-0.1, -0.05) is 53.9 Å². The molecule has 0 aliphatic heterocycles. The van der Waals surface area contributed by atoms with Gasteiger partial charge < -0.3 is 35.3 Å². The van der Waals surface area contributed by atoms with Gasteiger partial charge >= 0.3 is 0 Å². The van der Waals surface area contributed by atoms with Gasteiger partial charge in [-0.15, -0.1) is 0 Å². The lowest BCUT2D eigenvalue weighted by Crippen LogP contribution is -2.58. The van der Waals surface area contributed by atoms with Gasteiger partial charge in [-0.2, -0.15) is 0 Å². The largest absolute Gasteiger partial charge is 0.496 e. The minimum absolute atomic E-state index is 0.0620. The van der Waals surface area contributed by atoms with Crippen LogP contribution in [0.3, 0.4) is 0 Å². The first-order valence-corrected chi connectivity index (χ1v) is 24.6. The quantitative estimate of drug-likeness (QED) is 0.0733. The molecule has 5 aliphatic rings. The predicted molar refractivity (Wildman–Crippen MR) is 241 cm³/mol. The molecule has 1 aromatic rings. The maximum atomic E-state index is 12.0. The molecule has 4 N–H and O–H groups in total. The molecule has 10 atom stereocenters. The van der Waals surface area contributed by atoms with Gasteiger partial charge in [0, 0.05) is 18.2 Å². The molecule has 58 heavy (non-hydrogen) atoms. The number of fused-ring (bicyclic) bond motifs is 5. The molecule has 0 aromatic heterocycles. The Bertz CT molecular complexity index is 1400. The van der Waals surface area contributed by atoms with E-state index in [2.05, 4.69) is 50.6 Å². The molecule has 0 heterocycles. The van der Waals surface area contributed by atoms with E-state index < -0.39 is 0 Å². The van der Waals surface area contributed by atoms with Gasteiger partial charge in [0.15, 0.2) is 11.5 Å². The first kappa shape index (κ1) is 46.0. The van der Waals surface area contributed by atoms with Gasteiger partial charge in [0.2, 0.25) is 0 Å². The van der Waals surface area contributed by atoms with E-state index in [9.17, 15) is 5.11 Å². The molecule has 7 nitrogen and oxygen atoms in total. The molecule has 5 aliphatic carbocycles. The van der Waals surface area contributed by atoms with Gasteiger partial charge in [-0.25, -0.2) is 0 Å². The molecule has 7 heteroatoms. The topological polar surface area (TPSA) is 84.0 Å². The van der Waals surface area contributed by atoms with Crippen LogP contribution < -0.4 is 30.2 Å². The Labute approximate surface area is 356 Å². The fourth-order valence-electron chi connectivity index (χ4n) is 14.0. The van der Waals surface area contributed by atoms with Crippen LogP contribution in [-0.2, 0) is 6.54 Å². The Morgan fingerprint density at radius 2 is 1.31 bits per heavy atom. The summed E-state index contributed by atoms with van der Waals surface area (Å²) in [4.78, 5) is 0. The Balaban J connectivity index is 0.821. The van der Waals surface area contributed by atoms with Crippen LogP contribution in [0.25, 0.3) is 0 Å². The lowest BCUT2D eigenvalue weighted by atomic mass is 9.43. The summed E-state index contributed by atoms with van der Waals surface area (Å²) >= 11 is 0. The van der Waals surface area contributed by atoms with Crippen molar-refractivity contribution in [1.82, 2.24) is 16.0 Å². The zero-order valence-corrected chi connectivity index (χ0v) is 38.7. The third-order valence-corrected chi connectivity index (χ3v) is 17.5. The van der Waals surface area contributed by atoms with Gasteiger partial charge in [-0.05, 0) is 205 Å². The number of ether oxygens (including phenoxy) is 3. The summed E-state index contributed by atoms with van der Waals surface area (Å²) in [6.45, 7) is 18.8. The van der Waals surface area contributed by atoms with Crippen LogP contribution in [-0.4, -0.2) is 65.3 Å². The number of hydrogen-bond donors (Lipinski definition) is 4. The molecule has 1 aromatic carbocycles. The molecule has 0 radical (unpaired) electrons. The highest BCUT2D eigenvalue weighted by molar-refractivity contribution is 5.50. The van der Waals surface area contributed by atoms with Crippen LogP contribution in [0.4, 0.5) is 0 Å². The normalized spacial score (nSPS) is 33.0. The maximum Gasteiger partial charge on any atom is 0.164 e. The maximum absolute atomic E-state index is 12.0. The Hall–Kier alpha value is -1.54. The van der Waals surface area contributed by atoms with Gasteiger partial charge in [-0.3, -0.25) is 0 Å². The van der Waals surface area contributed by atoms with Crippen LogP contribution in [0.15, 0.2) is 12.1 Å². The molecule has 0 spiro atoms. The number of hydrogen-bond acceptors (Lipinski definition) is 7. The lowest BCUT2D eigenvalue weighted by Gasteiger charge is -2.63. The van der Waals surface area contributed by atoms with Crippen molar-refractivity contribution in [3.05, 3.63) is 17.7 Å². The number of rotatable bonds is 25. The first-order valence-electron chi connectivity index (χ1n) is 24.6. The minimum Gasteiger partial charge on any atom is -0.496 e. The number of unbranched alkanes of at least 4 members (excludes halogenated alkanes) is 1. The van der Waals surface area contributed by atoms with Crippen LogP contribution in [0.1, 0.15) is 162 Å². The average molecular weight is 808 g/mol. The zero-order chi connectivity index (χ0) is 41.3. The Morgan fingerprint density at radius 3 is 2.00 bits per heavy atom. The molecule has 0 amide bonds. The van der Waals surface area contributed by atoms with E-state index in [1.165, 1.54) is 116 Å². The van der Waals surface area contributed by atoms with Crippen LogP contribution in [0, 0.1) is 63.6 Å². The summed E-state index contributed by atoms with van der Waals surface area (Å²) in [5.74, 6) is 8.44. The lowest BCUT2D eigenvalue weighted by molar-refractivity contribution is -0.170. The number of benzene rings is 1. The number of aliphatic hydroxyl groups excluding tert-OH is 1. The van der Waals surface area contributed by atoms with Crippen LogP contribution >= 0.6 is 0 Å². The number of methoxy groups -OCH3 is 3. The third kappa shape index (κ3) is 10.9. The van der Waals surface area contributed by atoms with Crippen molar-refractivity contribution >= 4 is 0 Å². The molecule has 6 rings (SSSR count). The van der Waals surface area contributed by atoms with Crippen molar-refractivity contribution in [2.75, 3.05) is 54.1 Å². The fraction of sp³-hybridized carbons (Fsp3) is 0.882. The van der Waals surface area contributed by atoms with Gasteiger partial charge in [0.05, 0.1) is 27.4 Å². The molecule has 0 saturated heterocycles. The van der Waals surface area contributed by atoms with Crippen LogP contribution in [0.2, 0.25) is 0 Å². The van der Waals surface area contributed by atoms with Gasteiger partial charge in [0.25, 0.3) is 0 Å². The first-order chi connectivity index (χ1) is 28.0. The second-order valence-electron chi connectivity index (χ2n) is 21.5. The van der Waals surface area contributed by atoms with E-state index in [4.69, 9.17) is 14.2 Å². The third-order valence-electron chi connectivity index (χ3n) is 17.5. The van der Waals surface area contributed by atoms with Crippen molar-refractivity contribution in [3.8, 4) is 17.2 Å². The molecular formula is C51H89N3O4. The summed E-state index contributed by atoms with van der Waals surface area (Å²) < 4.78 is 16.4.